The monoisotopic (exact) mass is 301 g/mol. The second kappa shape index (κ2) is 5.93. The van der Waals surface area contributed by atoms with E-state index >= 15 is 0 Å². The maximum absolute atomic E-state index is 6.30. The van der Waals surface area contributed by atoms with Crippen molar-refractivity contribution in [2.45, 2.75) is 6.04 Å². The maximum Gasteiger partial charge on any atom is 0.138 e. The molecule has 1 heterocycles. The van der Waals surface area contributed by atoms with Crippen LogP contribution in [0.2, 0.25) is 10.0 Å². The van der Waals surface area contributed by atoms with E-state index in [1.165, 1.54) is 5.56 Å². The molecule has 2 rings (SSSR count). The summed E-state index contributed by atoms with van der Waals surface area (Å²) < 4.78 is 5.15. The molecule has 18 heavy (non-hydrogen) atoms. The highest BCUT2D eigenvalue weighted by Gasteiger charge is 2.18. The molecule has 96 valence electrons. The van der Waals surface area contributed by atoms with Gasteiger partial charge in [0.1, 0.15) is 5.75 Å². The zero-order valence-corrected chi connectivity index (χ0v) is 12.4. The van der Waals surface area contributed by atoms with Gasteiger partial charge in [0.25, 0.3) is 0 Å². The highest BCUT2D eigenvalue weighted by atomic mass is 35.5. The standard InChI is InChI=1S/C13H13Cl2NOS/c1-16-13(8-3-4-18-7-8)9-5-11(15)12(17-2)6-10(9)14/h3-7,13,16H,1-2H3. The van der Waals surface area contributed by atoms with Crippen LogP contribution in [0.5, 0.6) is 5.75 Å². The Morgan fingerprint density at radius 2 is 2.06 bits per heavy atom. The largest absolute Gasteiger partial charge is 0.495 e. The topological polar surface area (TPSA) is 21.3 Å². The summed E-state index contributed by atoms with van der Waals surface area (Å²) in [5.41, 5.74) is 2.12. The molecular formula is C13H13Cl2NOS. The lowest BCUT2D eigenvalue weighted by molar-refractivity contribution is 0.415. The van der Waals surface area contributed by atoms with Crippen molar-refractivity contribution < 1.29 is 4.74 Å². The first-order chi connectivity index (χ1) is 8.67. The molecule has 0 bridgehead atoms. The minimum Gasteiger partial charge on any atom is -0.495 e. The minimum absolute atomic E-state index is 0.0344. The third-order valence-corrected chi connectivity index (χ3v) is 4.07. The Kier molecular flexibility index (Phi) is 4.51. The molecular weight excluding hydrogens is 289 g/mol. The van der Waals surface area contributed by atoms with Crippen molar-refractivity contribution in [3.63, 3.8) is 0 Å². The number of nitrogens with one attached hydrogen (secondary N) is 1. The van der Waals surface area contributed by atoms with Gasteiger partial charge >= 0.3 is 0 Å². The van der Waals surface area contributed by atoms with E-state index in [-0.39, 0.29) is 6.04 Å². The van der Waals surface area contributed by atoms with Gasteiger partial charge in [-0.05, 0) is 41.1 Å². The fraction of sp³-hybridized carbons (Fsp3) is 0.231. The van der Waals surface area contributed by atoms with Crippen molar-refractivity contribution in [2.24, 2.45) is 0 Å². The lowest BCUT2D eigenvalue weighted by Crippen LogP contribution is -2.17. The first-order valence-electron chi connectivity index (χ1n) is 5.39. The summed E-state index contributed by atoms with van der Waals surface area (Å²) in [4.78, 5) is 0. The van der Waals surface area contributed by atoms with Gasteiger partial charge in [-0.25, -0.2) is 0 Å². The van der Waals surface area contributed by atoms with Gasteiger partial charge in [-0.3, -0.25) is 0 Å². The number of thiophene rings is 1. The Morgan fingerprint density at radius 3 is 2.61 bits per heavy atom. The van der Waals surface area contributed by atoms with Gasteiger partial charge in [0.15, 0.2) is 0 Å². The molecule has 0 fully saturated rings. The van der Waals surface area contributed by atoms with Crippen LogP contribution in [0, 0.1) is 0 Å². The molecule has 1 aromatic carbocycles. The van der Waals surface area contributed by atoms with E-state index in [2.05, 4.69) is 16.8 Å². The van der Waals surface area contributed by atoms with E-state index < -0.39 is 0 Å². The maximum atomic E-state index is 6.30. The van der Waals surface area contributed by atoms with Gasteiger partial charge in [-0.1, -0.05) is 23.2 Å². The number of benzene rings is 1. The lowest BCUT2D eigenvalue weighted by Gasteiger charge is -2.18. The van der Waals surface area contributed by atoms with Gasteiger partial charge in [0.05, 0.1) is 18.2 Å². The summed E-state index contributed by atoms with van der Waals surface area (Å²) in [6.07, 6.45) is 0. The molecule has 0 aliphatic rings. The first-order valence-corrected chi connectivity index (χ1v) is 7.09. The van der Waals surface area contributed by atoms with E-state index in [0.717, 1.165) is 5.56 Å². The van der Waals surface area contributed by atoms with Crippen LogP contribution in [0.1, 0.15) is 17.2 Å². The summed E-state index contributed by atoms with van der Waals surface area (Å²) in [5, 5.41) is 8.59. The van der Waals surface area contributed by atoms with E-state index in [9.17, 15) is 0 Å². The normalized spacial score (nSPS) is 12.4. The number of ether oxygens (including phenoxy) is 1. The summed E-state index contributed by atoms with van der Waals surface area (Å²) in [6.45, 7) is 0. The van der Waals surface area contributed by atoms with E-state index in [1.807, 2.05) is 18.5 Å². The molecule has 0 saturated heterocycles. The van der Waals surface area contributed by atoms with Crippen LogP contribution in [-0.4, -0.2) is 14.2 Å². The van der Waals surface area contributed by atoms with Crippen molar-refractivity contribution in [1.82, 2.24) is 5.32 Å². The molecule has 1 atom stereocenters. The van der Waals surface area contributed by atoms with Crippen LogP contribution < -0.4 is 10.1 Å². The second-order valence-corrected chi connectivity index (χ2v) is 5.38. The highest BCUT2D eigenvalue weighted by molar-refractivity contribution is 7.08. The average Bonchev–Trinajstić information content (AvgIpc) is 2.87. The summed E-state index contributed by atoms with van der Waals surface area (Å²) in [6, 6.07) is 5.70. The molecule has 0 aliphatic carbocycles. The van der Waals surface area contributed by atoms with Crippen LogP contribution in [-0.2, 0) is 0 Å². The molecule has 2 nitrogen and oxygen atoms in total. The van der Waals surface area contributed by atoms with Gasteiger partial charge in [0, 0.05) is 11.1 Å². The molecule has 1 unspecified atom stereocenters. The zero-order chi connectivity index (χ0) is 13.1. The smallest absolute Gasteiger partial charge is 0.138 e. The molecule has 0 amide bonds. The second-order valence-electron chi connectivity index (χ2n) is 3.79. The van der Waals surface area contributed by atoms with Crippen molar-refractivity contribution in [1.29, 1.82) is 0 Å². The number of hydrogen-bond donors (Lipinski definition) is 1. The number of methoxy groups -OCH3 is 1. The minimum atomic E-state index is 0.0344. The van der Waals surface area contributed by atoms with Crippen LogP contribution in [0.4, 0.5) is 0 Å². The fourth-order valence-corrected chi connectivity index (χ4v) is 3.06. The van der Waals surface area contributed by atoms with Crippen LogP contribution in [0.15, 0.2) is 29.0 Å². The molecule has 0 radical (unpaired) electrons. The van der Waals surface area contributed by atoms with Crippen LogP contribution in [0.3, 0.4) is 0 Å². The summed E-state index contributed by atoms with van der Waals surface area (Å²) in [5.74, 6) is 0.589. The Labute approximate surface area is 120 Å². The molecule has 1 aromatic heterocycles. The molecule has 0 aliphatic heterocycles. The van der Waals surface area contributed by atoms with Crippen molar-refractivity contribution >= 4 is 34.5 Å². The Bertz CT molecular complexity index is 528. The lowest BCUT2D eigenvalue weighted by atomic mass is 10.0. The van der Waals surface area contributed by atoms with Crippen molar-refractivity contribution in [3.05, 3.63) is 50.1 Å². The fourth-order valence-electron chi connectivity index (χ4n) is 1.86. The van der Waals surface area contributed by atoms with Crippen molar-refractivity contribution in [2.75, 3.05) is 14.2 Å². The highest BCUT2D eigenvalue weighted by Crippen LogP contribution is 2.36. The number of halogens is 2. The van der Waals surface area contributed by atoms with Gasteiger partial charge in [0.2, 0.25) is 0 Å². The van der Waals surface area contributed by atoms with E-state index in [1.54, 1.807) is 24.5 Å². The molecule has 5 heteroatoms. The van der Waals surface area contributed by atoms with Crippen LogP contribution >= 0.6 is 34.5 Å². The van der Waals surface area contributed by atoms with Gasteiger partial charge < -0.3 is 10.1 Å². The van der Waals surface area contributed by atoms with Crippen LogP contribution in [0.25, 0.3) is 0 Å². The third-order valence-electron chi connectivity index (χ3n) is 2.75. The Hall–Kier alpha value is -0.740. The van der Waals surface area contributed by atoms with Gasteiger partial charge in [-0.2, -0.15) is 11.3 Å². The van der Waals surface area contributed by atoms with Gasteiger partial charge in [-0.15, -0.1) is 0 Å². The summed E-state index contributed by atoms with van der Waals surface area (Å²) >= 11 is 14.1. The SMILES string of the molecule is CNC(c1ccsc1)c1cc(Cl)c(OC)cc1Cl. The Balaban J connectivity index is 2.46. The Morgan fingerprint density at radius 1 is 1.28 bits per heavy atom. The van der Waals surface area contributed by atoms with E-state index in [0.29, 0.717) is 15.8 Å². The molecule has 0 spiro atoms. The quantitative estimate of drug-likeness (QED) is 0.905. The number of hydrogen-bond acceptors (Lipinski definition) is 3. The molecule has 1 N–H and O–H groups in total. The predicted octanol–water partition coefficient (Wildman–Crippen LogP) is 4.37. The number of rotatable bonds is 4. The average molecular weight is 302 g/mol. The molecule has 0 saturated carbocycles. The summed E-state index contributed by atoms with van der Waals surface area (Å²) in [7, 11) is 3.47. The first kappa shape index (κ1) is 13.7. The molecule has 2 aromatic rings. The predicted molar refractivity (Wildman–Crippen MR) is 78.2 cm³/mol. The third kappa shape index (κ3) is 2.64. The zero-order valence-electron chi connectivity index (χ0n) is 10.0. The van der Waals surface area contributed by atoms with Crippen molar-refractivity contribution in [3.8, 4) is 5.75 Å². The van der Waals surface area contributed by atoms with E-state index in [4.69, 9.17) is 27.9 Å².